The summed E-state index contributed by atoms with van der Waals surface area (Å²) in [5.74, 6) is -0.578. The third-order valence-electron chi connectivity index (χ3n) is 4.29. The van der Waals surface area contributed by atoms with Crippen LogP contribution < -0.4 is 9.62 Å². The largest absolute Gasteiger partial charge is 0.416 e. The van der Waals surface area contributed by atoms with E-state index in [1.165, 1.54) is 4.31 Å². The number of hydrogen-bond donors (Lipinski definition) is 1. The van der Waals surface area contributed by atoms with E-state index in [1.54, 1.807) is 18.2 Å². The summed E-state index contributed by atoms with van der Waals surface area (Å²) >= 11 is 0. The highest BCUT2D eigenvalue weighted by molar-refractivity contribution is 7.92. The second kappa shape index (κ2) is 6.88. The number of carbonyl (C=O) groups excluding carboxylic acids is 1. The summed E-state index contributed by atoms with van der Waals surface area (Å²) < 4.78 is 63.0. The fourth-order valence-electron chi connectivity index (χ4n) is 2.98. The molecule has 0 atom stereocenters. The van der Waals surface area contributed by atoms with Gasteiger partial charge in [0.05, 0.1) is 17.5 Å². The van der Waals surface area contributed by atoms with E-state index < -0.39 is 27.7 Å². The van der Waals surface area contributed by atoms with Crippen LogP contribution in [0.3, 0.4) is 0 Å². The molecule has 1 amide bonds. The number of aryl methyl sites for hydroxylation is 1. The molecule has 144 valence electrons. The average Bonchev–Trinajstić information content (AvgIpc) is 2.59. The number of nitrogens with one attached hydrogen (secondary N) is 1. The van der Waals surface area contributed by atoms with Gasteiger partial charge in [0.2, 0.25) is 10.0 Å². The molecule has 2 aromatic rings. The van der Waals surface area contributed by atoms with Gasteiger partial charge in [0.25, 0.3) is 5.91 Å². The Kier molecular flexibility index (Phi) is 4.90. The van der Waals surface area contributed by atoms with Crippen molar-refractivity contribution < 1.29 is 26.4 Å². The van der Waals surface area contributed by atoms with Crippen LogP contribution in [0.1, 0.15) is 27.9 Å². The molecule has 1 aliphatic heterocycles. The smallest absolute Gasteiger partial charge is 0.322 e. The number of rotatable bonds is 3. The zero-order valence-corrected chi connectivity index (χ0v) is 15.2. The summed E-state index contributed by atoms with van der Waals surface area (Å²) in [6.07, 6.45) is -1.91. The second-order valence-electron chi connectivity index (χ2n) is 6.31. The molecule has 0 aliphatic carbocycles. The maximum Gasteiger partial charge on any atom is 0.416 e. The molecular weight excluding hydrogens is 381 g/mol. The first-order chi connectivity index (χ1) is 12.6. The van der Waals surface area contributed by atoms with Crippen LogP contribution in [0.15, 0.2) is 42.5 Å². The van der Waals surface area contributed by atoms with E-state index >= 15 is 0 Å². The topological polar surface area (TPSA) is 66.5 Å². The monoisotopic (exact) mass is 398 g/mol. The first-order valence-electron chi connectivity index (χ1n) is 8.15. The Morgan fingerprint density at radius 2 is 1.78 bits per heavy atom. The maximum atomic E-state index is 12.6. The van der Waals surface area contributed by atoms with E-state index in [2.05, 4.69) is 5.32 Å². The number of anilines is 2. The van der Waals surface area contributed by atoms with Crippen molar-refractivity contribution in [2.24, 2.45) is 0 Å². The van der Waals surface area contributed by atoms with Gasteiger partial charge >= 0.3 is 6.18 Å². The molecule has 0 saturated carbocycles. The normalized spacial score (nSPS) is 14.6. The van der Waals surface area contributed by atoms with Crippen molar-refractivity contribution in [3.8, 4) is 0 Å². The molecule has 27 heavy (non-hydrogen) atoms. The van der Waals surface area contributed by atoms with E-state index in [9.17, 15) is 26.4 Å². The fourth-order valence-corrected chi connectivity index (χ4v) is 3.97. The van der Waals surface area contributed by atoms with Gasteiger partial charge in [-0.15, -0.1) is 0 Å². The first-order valence-corrected chi connectivity index (χ1v) is 10.00. The first kappa shape index (κ1) is 19.2. The lowest BCUT2D eigenvalue weighted by Crippen LogP contribution is -2.34. The van der Waals surface area contributed by atoms with E-state index in [1.807, 2.05) is 0 Å². The summed E-state index contributed by atoms with van der Waals surface area (Å²) in [6, 6.07) is 8.83. The predicted molar refractivity (Wildman–Crippen MR) is 96.4 cm³/mol. The molecule has 1 heterocycles. The molecule has 0 fully saturated rings. The van der Waals surface area contributed by atoms with Gasteiger partial charge < -0.3 is 5.32 Å². The van der Waals surface area contributed by atoms with Crippen LogP contribution in [0.5, 0.6) is 0 Å². The maximum absolute atomic E-state index is 12.6. The Labute approximate surface area is 154 Å². The predicted octanol–water partition coefficient (Wildman–Crippen LogP) is 3.67. The van der Waals surface area contributed by atoms with E-state index in [0.29, 0.717) is 24.3 Å². The number of carbonyl (C=O) groups is 1. The Balaban J connectivity index is 1.83. The Morgan fingerprint density at radius 1 is 1.11 bits per heavy atom. The summed E-state index contributed by atoms with van der Waals surface area (Å²) in [6.45, 7) is 0.363. The van der Waals surface area contributed by atoms with Crippen molar-refractivity contribution in [2.45, 2.75) is 19.0 Å². The number of amides is 1. The van der Waals surface area contributed by atoms with E-state index in [-0.39, 0.29) is 5.56 Å². The zero-order chi connectivity index (χ0) is 19.8. The fraction of sp³-hybridized carbons (Fsp3) is 0.278. The molecule has 1 N–H and O–H groups in total. The van der Waals surface area contributed by atoms with Crippen LogP contribution in [0.4, 0.5) is 24.5 Å². The number of nitrogens with zero attached hydrogens (tertiary/aromatic N) is 1. The molecule has 5 nitrogen and oxygen atoms in total. The molecule has 0 spiro atoms. The summed E-state index contributed by atoms with van der Waals surface area (Å²) in [4.78, 5) is 12.3. The van der Waals surface area contributed by atoms with Crippen LogP contribution >= 0.6 is 0 Å². The van der Waals surface area contributed by atoms with E-state index in [4.69, 9.17) is 0 Å². The van der Waals surface area contributed by atoms with Crippen molar-refractivity contribution >= 4 is 27.3 Å². The van der Waals surface area contributed by atoms with Crippen molar-refractivity contribution in [1.29, 1.82) is 0 Å². The Morgan fingerprint density at radius 3 is 2.37 bits per heavy atom. The molecule has 9 heteroatoms. The van der Waals surface area contributed by atoms with Crippen molar-refractivity contribution in [1.82, 2.24) is 0 Å². The Hall–Kier alpha value is -2.55. The lowest BCUT2D eigenvalue weighted by molar-refractivity contribution is -0.137. The lowest BCUT2D eigenvalue weighted by atomic mass is 10.0. The van der Waals surface area contributed by atoms with E-state index in [0.717, 1.165) is 42.5 Å². The molecular formula is C18H17F3N2O3S. The molecule has 0 unspecified atom stereocenters. The molecule has 0 radical (unpaired) electrons. The van der Waals surface area contributed by atoms with Gasteiger partial charge in [-0.2, -0.15) is 13.2 Å². The quantitative estimate of drug-likeness (QED) is 0.858. The van der Waals surface area contributed by atoms with Gasteiger partial charge in [-0.3, -0.25) is 9.10 Å². The summed E-state index contributed by atoms with van der Waals surface area (Å²) in [7, 11) is -3.44. The molecule has 2 aromatic carbocycles. The third kappa shape index (κ3) is 4.24. The molecule has 0 saturated heterocycles. The molecule has 1 aliphatic rings. The number of halogens is 3. The van der Waals surface area contributed by atoms with Gasteiger partial charge in [-0.05, 0) is 54.8 Å². The number of hydrogen-bond acceptors (Lipinski definition) is 3. The van der Waals surface area contributed by atoms with Crippen LogP contribution in [-0.2, 0) is 22.6 Å². The van der Waals surface area contributed by atoms with Crippen molar-refractivity contribution in [3.05, 3.63) is 59.2 Å². The molecule has 0 bridgehead atoms. The number of sulfonamides is 1. The zero-order valence-electron chi connectivity index (χ0n) is 14.4. The molecule has 3 rings (SSSR count). The van der Waals surface area contributed by atoms with Crippen molar-refractivity contribution in [3.63, 3.8) is 0 Å². The number of fused-ring (bicyclic) bond motifs is 1. The third-order valence-corrected chi connectivity index (χ3v) is 5.47. The van der Waals surface area contributed by atoms with Crippen LogP contribution in [0.25, 0.3) is 0 Å². The summed E-state index contributed by atoms with van der Waals surface area (Å²) in [5, 5.41) is 2.60. The van der Waals surface area contributed by atoms with Crippen LogP contribution in [-0.4, -0.2) is 27.1 Å². The highest BCUT2D eigenvalue weighted by Crippen LogP contribution is 2.32. The minimum Gasteiger partial charge on any atom is -0.322 e. The SMILES string of the molecule is CS(=O)(=O)N1CCCc2ccc(NC(=O)c3ccc(C(F)(F)F)cc3)cc21. The minimum absolute atomic E-state index is 0.0701. The number of benzene rings is 2. The summed E-state index contributed by atoms with van der Waals surface area (Å²) in [5.41, 5.74) is 0.972. The van der Waals surface area contributed by atoms with Gasteiger partial charge in [0.1, 0.15) is 0 Å². The van der Waals surface area contributed by atoms with Gasteiger partial charge in [0.15, 0.2) is 0 Å². The average molecular weight is 398 g/mol. The van der Waals surface area contributed by atoms with Gasteiger partial charge in [-0.1, -0.05) is 6.07 Å². The highest BCUT2D eigenvalue weighted by atomic mass is 32.2. The van der Waals surface area contributed by atoms with Crippen LogP contribution in [0, 0.1) is 0 Å². The number of alkyl halides is 3. The Bertz CT molecular complexity index is 970. The van der Waals surface area contributed by atoms with Gasteiger partial charge in [-0.25, -0.2) is 8.42 Å². The highest BCUT2D eigenvalue weighted by Gasteiger charge is 2.30. The van der Waals surface area contributed by atoms with Crippen LogP contribution in [0.2, 0.25) is 0 Å². The molecule has 0 aromatic heterocycles. The minimum atomic E-state index is -4.47. The standard InChI is InChI=1S/C18H17F3N2O3S/c1-27(25,26)23-10-2-3-12-6-9-15(11-16(12)23)22-17(24)13-4-7-14(8-5-13)18(19,20)21/h4-9,11H,2-3,10H2,1H3,(H,22,24). The lowest BCUT2D eigenvalue weighted by Gasteiger charge is -2.29. The van der Waals surface area contributed by atoms with Gasteiger partial charge in [0, 0.05) is 17.8 Å². The second-order valence-corrected chi connectivity index (χ2v) is 8.22. The van der Waals surface area contributed by atoms with Crippen molar-refractivity contribution in [2.75, 3.05) is 22.4 Å².